The van der Waals surface area contributed by atoms with Crippen molar-refractivity contribution in [2.75, 3.05) is 13.6 Å². The van der Waals surface area contributed by atoms with Gasteiger partial charge >= 0.3 is 0 Å². The van der Waals surface area contributed by atoms with Gasteiger partial charge in [0.15, 0.2) is 0 Å². The van der Waals surface area contributed by atoms with E-state index in [1.807, 2.05) is 7.05 Å². The van der Waals surface area contributed by atoms with Crippen LogP contribution in [0, 0.1) is 0 Å². The first-order valence-electron chi connectivity index (χ1n) is 3.75. The van der Waals surface area contributed by atoms with Gasteiger partial charge in [-0.3, -0.25) is 0 Å². The molecule has 0 spiro atoms. The van der Waals surface area contributed by atoms with Gasteiger partial charge < -0.3 is 10.6 Å². The van der Waals surface area contributed by atoms with E-state index in [-0.39, 0.29) is 0 Å². The summed E-state index contributed by atoms with van der Waals surface area (Å²) in [4.78, 5) is 0. The minimum absolute atomic E-state index is 0.656. The number of hydrogen-bond acceptors (Lipinski definition) is 2. The number of piperidine rings is 1. The van der Waals surface area contributed by atoms with Crippen LogP contribution in [0.1, 0.15) is 19.8 Å². The molecule has 54 valence electrons. The van der Waals surface area contributed by atoms with Crippen molar-refractivity contribution in [1.82, 2.24) is 10.6 Å². The van der Waals surface area contributed by atoms with Crippen LogP contribution in [-0.2, 0) is 0 Å². The number of likely N-dealkylation sites (N-methyl/N-ethyl adjacent to an activating group) is 1. The minimum Gasteiger partial charge on any atom is -0.315 e. The van der Waals surface area contributed by atoms with Crippen LogP contribution < -0.4 is 10.6 Å². The highest BCUT2D eigenvalue weighted by Crippen LogP contribution is 2.06. The highest BCUT2D eigenvalue weighted by molar-refractivity contribution is 4.81. The molecule has 1 unspecified atom stereocenters. The maximum atomic E-state index is 3.42. The van der Waals surface area contributed by atoms with Crippen LogP contribution in [0.25, 0.3) is 0 Å². The van der Waals surface area contributed by atoms with Crippen LogP contribution >= 0.6 is 0 Å². The van der Waals surface area contributed by atoms with E-state index < -0.39 is 0 Å². The van der Waals surface area contributed by atoms with Crippen LogP contribution in [0.2, 0.25) is 0 Å². The molecule has 2 nitrogen and oxygen atoms in total. The van der Waals surface area contributed by atoms with Gasteiger partial charge in [0.1, 0.15) is 0 Å². The first kappa shape index (κ1) is 7.03. The lowest BCUT2D eigenvalue weighted by Crippen LogP contribution is -2.48. The monoisotopic (exact) mass is 128 g/mol. The van der Waals surface area contributed by atoms with Gasteiger partial charge in [-0.2, -0.15) is 0 Å². The Balaban J connectivity index is 2.30. The Morgan fingerprint density at radius 1 is 1.56 bits per heavy atom. The lowest BCUT2D eigenvalue weighted by molar-refractivity contribution is 0.332. The van der Waals surface area contributed by atoms with Crippen LogP contribution in [0.5, 0.6) is 0 Å². The van der Waals surface area contributed by atoms with Crippen LogP contribution in [0.15, 0.2) is 0 Å². The molecular weight excluding hydrogens is 112 g/mol. The molecule has 1 heterocycles. The zero-order valence-corrected chi connectivity index (χ0v) is 6.28. The molecule has 0 radical (unpaired) electrons. The largest absolute Gasteiger partial charge is 0.315 e. The molecule has 1 saturated heterocycles. The summed E-state index contributed by atoms with van der Waals surface area (Å²) in [6, 6.07) is 1.35. The molecule has 0 aromatic heterocycles. The first-order chi connectivity index (χ1) is 4.34. The maximum absolute atomic E-state index is 3.42. The molecule has 1 aliphatic heterocycles. The van der Waals surface area contributed by atoms with Gasteiger partial charge in [0, 0.05) is 12.1 Å². The average molecular weight is 128 g/mol. The van der Waals surface area contributed by atoms with Crippen molar-refractivity contribution in [3.05, 3.63) is 0 Å². The summed E-state index contributed by atoms with van der Waals surface area (Å²) < 4.78 is 0. The van der Waals surface area contributed by atoms with E-state index in [0.717, 1.165) is 0 Å². The molecule has 0 amide bonds. The third kappa shape index (κ3) is 1.66. The fourth-order valence-corrected chi connectivity index (χ4v) is 1.44. The Hall–Kier alpha value is -0.0800. The van der Waals surface area contributed by atoms with E-state index in [4.69, 9.17) is 0 Å². The predicted octanol–water partition coefficient (Wildman–Crippen LogP) is 0.346. The fraction of sp³-hybridized carbons (Fsp3) is 1.00. The van der Waals surface area contributed by atoms with E-state index in [9.17, 15) is 0 Å². The summed E-state index contributed by atoms with van der Waals surface area (Å²) in [5.41, 5.74) is 0. The summed E-state index contributed by atoms with van der Waals surface area (Å²) in [5.74, 6) is 0. The lowest BCUT2D eigenvalue weighted by atomic mass is 10.0. The second-order valence-electron chi connectivity index (χ2n) is 2.78. The van der Waals surface area contributed by atoms with Gasteiger partial charge in [-0.25, -0.2) is 0 Å². The smallest absolute Gasteiger partial charge is 0.0215 e. The molecule has 2 heteroatoms. The summed E-state index contributed by atoms with van der Waals surface area (Å²) in [7, 11) is 2.04. The molecule has 1 fully saturated rings. The van der Waals surface area contributed by atoms with Gasteiger partial charge in [-0.05, 0) is 33.4 Å². The molecule has 0 aliphatic carbocycles. The molecule has 0 aromatic carbocycles. The van der Waals surface area contributed by atoms with Gasteiger partial charge in [-0.1, -0.05) is 0 Å². The predicted molar refractivity (Wildman–Crippen MR) is 39.5 cm³/mol. The third-order valence-electron chi connectivity index (χ3n) is 2.13. The van der Waals surface area contributed by atoms with Crippen LogP contribution in [0.3, 0.4) is 0 Å². The zero-order chi connectivity index (χ0) is 6.69. The molecule has 9 heavy (non-hydrogen) atoms. The van der Waals surface area contributed by atoms with Crippen molar-refractivity contribution >= 4 is 0 Å². The Morgan fingerprint density at radius 3 is 2.78 bits per heavy atom. The topological polar surface area (TPSA) is 24.1 Å². The SMILES string of the molecule is CN[C@@H]1CCCNC1C. The average Bonchev–Trinajstić information content (AvgIpc) is 1.89. The van der Waals surface area contributed by atoms with E-state index in [1.54, 1.807) is 0 Å². The van der Waals surface area contributed by atoms with Gasteiger partial charge in [0.05, 0.1) is 0 Å². The number of nitrogens with one attached hydrogen (secondary N) is 2. The summed E-state index contributed by atoms with van der Waals surface area (Å²) >= 11 is 0. The Labute approximate surface area is 57.0 Å². The normalized spacial score (nSPS) is 36.7. The minimum atomic E-state index is 0.656. The Morgan fingerprint density at radius 2 is 2.33 bits per heavy atom. The molecule has 0 bridgehead atoms. The van der Waals surface area contributed by atoms with Gasteiger partial charge in [0.25, 0.3) is 0 Å². The summed E-state index contributed by atoms with van der Waals surface area (Å²) in [6.45, 7) is 3.43. The van der Waals surface area contributed by atoms with Crippen molar-refractivity contribution in [3.63, 3.8) is 0 Å². The molecule has 2 N–H and O–H groups in total. The molecule has 0 saturated carbocycles. The third-order valence-corrected chi connectivity index (χ3v) is 2.13. The zero-order valence-electron chi connectivity index (χ0n) is 6.28. The van der Waals surface area contributed by atoms with Crippen molar-refractivity contribution in [2.45, 2.75) is 31.8 Å². The van der Waals surface area contributed by atoms with Crippen LogP contribution in [-0.4, -0.2) is 25.7 Å². The van der Waals surface area contributed by atoms with Crippen molar-refractivity contribution in [3.8, 4) is 0 Å². The standard InChI is InChI=1S/C7H16N2/c1-6-7(8-2)4-3-5-9-6/h6-9H,3-5H2,1-2H3/t6?,7-/m1/s1. The number of hydrogen-bond donors (Lipinski definition) is 2. The van der Waals surface area contributed by atoms with Crippen molar-refractivity contribution in [2.24, 2.45) is 0 Å². The second-order valence-corrected chi connectivity index (χ2v) is 2.78. The first-order valence-corrected chi connectivity index (χ1v) is 3.75. The molecular formula is C7H16N2. The number of rotatable bonds is 1. The molecule has 2 atom stereocenters. The quantitative estimate of drug-likeness (QED) is 0.532. The second kappa shape index (κ2) is 3.18. The Kier molecular flexibility index (Phi) is 2.49. The van der Waals surface area contributed by atoms with Crippen molar-refractivity contribution in [1.29, 1.82) is 0 Å². The van der Waals surface area contributed by atoms with E-state index in [1.165, 1.54) is 19.4 Å². The van der Waals surface area contributed by atoms with Gasteiger partial charge in [-0.15, -0.1) is 0 Å². The Bertz CT molecular complexity index is 83.0. The fourth-order valence-electron chi connectivity index (χ4n) is 1.44. The van der Waals surface area contributed by atoms with Crippen LogP contribution in [0.4, 0.5) is 0 Å². The highest BCUT2D eigenvalue weighted by Gasteiger charge is 2.17. The summed E-state index contributed by atoms with van der Waals surface area (Å²) in [6.07, 6.45) is 2.64. The van der Waals surface area contributed by atoms with E-state index >= 15 is 0 Å². The molecule has 1 rings (SSSR count). The van der Waals surface area contributed by atoms with E-state index in [0.29, 0.717) is 12.1 Å². The summed E-state index contributed by atoms with van der Waals surface area (Å²) in [5, 5.41) is 6.71. The van der Waals surface area contributed by atoms with Crippen molar-refractivity contribution < 1.29 is 0 Å². The van der Waals surface area contributed by atoms with E-state index in [2.05, 4.69) is 17.6 Å². The lowest BCUT2D eigenvalue weighted by Gasteiger charge is -2.29. The molecule has 1 aliphatic rings. The van der Waals surface area contributed by atoms with Gasteiger partial charge in [0.2, 0.25) is 0 Å². The molecule has 0 aromatic rings. The highest BCUT2D eigenvalue weighted by atomic mass is 15.0. The maximum Gasteiger partial charge on any atom is 0.0215 e.